The van der Waals surface area contributed by atoms with E-state index >= 15 is 0 Å². The van der Waals surface area contributed by atoms with Crippen molar-refractivity contribution in [3.63, 3.8) is 0 Å². The van der Waals surface area contributed by atoms with Gasteiger partial charge in [0.15, 0.2) is 0 Å². The number of fused-ring (bicyclic) bond motifs is 2. The SMILES string of the molecule is O=C(c1cc2ccccc2[nH]c1=O)N1CCCSc2ccccc21. The molecule has 0 bridgehead atoms. The molecule has 0 radical (unpaired) electrons. The highest BCUT2D eigenvalue weighted by Crippen LogP contribution is 2.34. The van der Waals surface area contributed by atoms with E-state index in [9.17, 15) is 9.59 Å². The van der Waals surface area contributed by atoms with E-state index in [1.54, 1.807) is 22.7 Å². The Kier molecular flexibility index (Phi) is 3.86. The lowest BCUT2D eigenvalue weighted by molar-refractivity contribution is 0.0985. The van der Waals surface area contributed by atoms with Gasteiger partial charge in [0.1, 0.15) is 5.56 Å². The second-order valence-electron chi connectivity index (χ2n) is 5.73. The van der Waals surface area contributed by atoms with Crippen LogP contribution in [0.1, 0.15) is 16.8 Å². The smallest absolute Gasteiger partial charge is 0.263 e. The van der Waals surface area contributed by atoms with Crippen molar-refractivity contribution in [3.8, 4) is 0 Å². The number of amides is 1. The van der Waals surface area contributed by atoms with Crippen LogP contribution in [-0.2, 0) is 0 Å². The molecule has 0 saturated heterocycles. The summed E-state index contributed by atoms with van der Waals surface area (Å²) in [5, 5.41) is 0.859. The normalized spacial score (nSPS) is 14.2. The molecule has 0 fully saturated rings. The Morgan fingerprint density at radius 3 is 2.79 bits per heavy atom. The lowest BCUT2D eigenvalue weighted by atomic mass is 10.1. The quantitative estimate of drug-likeness (QED) is 0.738. The summed E-state index contributed by atoms with van der Waals surface area (Å²) in [5.41, 5.74) is 1.48. The van der Waals surface area contributed by atoms with E-state index in [4.69, 9.17) is 0 Å². The Bertz CT molecular complexity index is 980. The maximum Gasteiger partial charge on any atom is 0.263 e. The van der Waals surface area contributed by atoms with Gasteiger partial charge in [0, 0.05) is 17.0 Å². The Morgan fingerprint density at radius 1 is 1.08 bits per heavy atom. The van der Waals surface area contributed by atoms with Gasteiger partial charge in [-0.3, -0.25) is 9.59 Å². The van der Waals surface area contributed by atoms with E-state index in [0.29, 0.717) is 6.54 Å². The number of H-pyrrole nitrogens is 1. The second-order valence-corrected chi connectivity index (χ2v) is 6.86. The Balaban J connectivity index is 1.82. The van der Waals surface area contributed by atoms with Crippen LogP contribution in [0.4, 0.5) is 5.69 Å². The van der Waals surface area contributed by atoms with Crippen LogP contribution in [0.2, 0.25) is 0 Å². The number of thioether (sulfide) groups is 1. The fourth-order valence-electron chi connectivity index (χ4n) is 2.99. The molecule has 0 unspecified atom stereocenters. The van der Waals surface area contributed by atoms with E-state index in [-0.39, 0.29) is 17.0 Å². The largest absolute Gasteiger partial charge is 0.321 e. The van der Waals surface area contributed by atoms with Crippen molar-refractivity contribution in [2.45, 2.75) is 11.3 Å². The topological polar surface area (TPSA) is 53.2 Å². The van der Waals surface area contributed by atoms with Crippen molar-refractivity contribution in [2.24, 2.45) is 0 Å². The van der Waals surface area contributed by atoms with Gasteiger partial charge >= 0.3 is 0 Å². The molecule has 5 heteroatoms. The van der Waals surface area contributed by atoms with Crippen molar-refractivity contribution >= 4 is 34.3 Å². The van der Waals surface area contributed by atoms with Gasteiger partial charge in [0.25, 0.3) is 11.5 Å². The highest BCUT2D eigenvalue weighted by atomic mass is 32.2. The number of carbonyl (C=O) groups is 1. The van der Waals surface area contributed by atoms with Crippen molar-refractivity contribution in [1.29, 1.82) is 0 Å². The molecule has 1 aromatic heterocycles. The van der Waals surface area contributed by atoms with Crippen LogP contribution in [0.15, 0.2) is 64.3 Å². The standard InChI is InChI=1S/C19H16N2O2S/c22-18-14(12-13-6-1-2-7-15(13)20-18)19(23)21-10-5-11-24-17-9-4-3-8-16(17)21/h1-4,6-9,12H,5,10-11H2,(H,20,22). The third kappa shape index (κ3) is 2.61. The zero-order valence-corrected chi connectivity index (χ0v) is 13.8. The number of carbonyl (C=O) groups excluding carboxylic acids is 1. The molecule has 1 amide bonds. The summed E-state index contributed by atoms with van der Waals surface area (Å²) in [5.74, 6) is 0.728. The molecule has 120 valence electrons. The van der Waals surface area contributed by atoms with Gasteiger partial charge in [-0.25, -0.2) is 0 Å². The molecule has 0 spiro atoms. The van der Waals surface area contributed by atoms with Crippen LogP contribution < -0.4 is 10.5 Å². The second kappa shape index (κ2) is 6.17. The van der Waals surface area contributed by atoms with Crippen LogP contribution in [0.3, 0.4) is 0 Å². The Morgan fingerprint density at radius 2 is 1.88 bits per heavy atom. The molecular weight excluding hydrogens is 320 g/mol. The van der Waals surface area contributed by atoms with Gasteiger partial charge < -0.3 is 9.88 Å². The number of anilines is 1. The highest BCUT2D eigenvalue weighted by molar-refractivity contribution is 7.99. The fraction of sp³-hybridized carbons (Fsp3) is 0.158. The summed E-state index contributed by atoms with van der Waals surface area (Å²) in [6.07, 6.45) is 0.899. The summed E-state index contributed by atoms with van der Waals surface area (Å²) >= 11 is 1.75. The molecule has 4 nitrogen and oxygen atoms in total. The van der Waals surface area contributed by atoms with Crippen LogP contribution in [-0.4, -0.2) is 23.2 Å². The number of rotatable bonds is 1. The van der Waals surface area contributed by atoms with Crippen molar-refractivity contribution < 1.29 is 4.79 Å². The molecule has 2 heterocycles. The lowest BCUT2D eigenvalue weighted by Crippen LogP contribution is -2.35. The zero-order chi connectivity index (χ0) is 16.5. The Labute approximate surface area is 143 Å². The molecule has 1 N–H and O–H groups in total. The molecule has 1 aliphatic rings. The highest BCUT2D eigenvalue weighted by Gasteiger charge is 2.24. The molecule has 1 aliphatic heterocycles. The molecule has 24 heavy (non-hydrogen) atoms. The third-order valence-corrected chi connectivity index (χ3v) is 5.32. The summed E-state index contributed by atoms with van der Waals surface area (Å²) < 4.78 is 0. The predicted molar refractivity (Wildman–Crippen MR) is 98.0 cm³/mol. The van der Waals surface area contributed by atoms with Crippen molar-refractivity contribution in [2.75, 3.05) is 17.2 Å². The minimum absolute atomic E-state index is 0.190. The molecule has 0 aliphatic carbocycles. The van der Waals surface area contributed by atoms with Gasteiger partial charge in [-0.15, -0.1) is 11.8 Å². The number of aromatic nitrogens is 1. The summed E-state index contributed by atoms with van der Waals surface area (Å²) in [6.45, 7) is 0.620. The zero-order valence-electron chi connectivity index (χ0n) is 13.0. The van der Waals surface area contributed by atoms with Gasteiger partial charge in [-0.05, 0) is 41.8 Å². The molecular formula is C19H16N2O2S. The van der Waals surface area contributed by atoms with E-state index in [1.165, 1.54) is 0 Å². The summed E-state index contributed by atoms with van der Waals surface area (Å²) in [7, 11) is 0. The van der Waals surface area contributed by atoms with Crippen LogP contribution in [0.5, 0.6) is 0 Å². The predicted octanol–water partition coefficient (Wildman–Crippen LogP) is 3.67. The van der Waals surface area contributed by atoms with Crippen LogP contribution >= 0.6 is 11.8 Å². The van der Waals surface area contributed by atoms with E-state index in [1.807, 2.05) is 48.5 Å². The minimum atomic E-state index is -0.340. The van der Waals surface area contributed by atoms with Gasteiger partial charge in [-0.1, -0.05) is 30.3 Å². The van der Waals surface area contributed by atoms with E-state index in [2.05, 4.69) is 4.98 Å². The maximum absolute atomic E-state index is 13.1. The summed E-state index contributed by atoms with van der Waals surface area (Å²) in [6, 6.07) is 17.1. The maximum atomic E-state index is 13.1. The number of pyridine rings is 1. The number of hydrogen-bond acceptors (Lipinski definition) is 3. The van der Waals surface area contributed by atoms with Gasteiger partial charge in [-0.2, -0.15) is 0 Å². The summed E-state index contributed by atoms with van der Waals surface area (Å²) in [4.78, 5) is 31.1. The lowest BCUT2D eigenvalue weighted by Gasteiger charge is -2.22. The molecule has 0 saturated carbocycles. The fourth-order valence-corrected chi connectivity index (χ4v) is 3.98. The third-order valence-electron chi connectivity index (χ3n) is 4.17. The average Bonchev–Trinajstić information content (AvgIpc) is 2.83. The number of para-hydroxylation sites is 2. The number of nitrogens with zero attached hydrogens (tertiary/aromatic N) is 1. The monoisotopic (exact) mass is 336 g/mol. The molecule has 0 atom stereocenters. The van der Waals surface area contributed by atoms with E-state index in [0.717, 1.165) is 33.7 Å². The van der Waals surface area contributed by atoms with Crippen molar-refractivity contribution in [1.82, 2.24) is 4.98 Å². The van der Waals surface area contributed by atoms with Crippen LogP contribution in [0, 0.1) is 0 Å². The number of nitrogens with one attached hydrogen (secondary N) is 1. The minimum Gasteiger partial charge on any atom is -0.321 e. The Hall–Kier alpha value is -2.53. The van der Waals surface area contributed by atoms with Crippen LogP contribution in [0.25, 0.3) is 10.9 Å². The first-order chi connectivity index (χ1) is 11.7. The first kappa shape index (κ1) is 15.0. The molecule has 3 aromatic rings. The van der Waals surface area contributed by atoms with Gasteiger partial charge in [0.05, 0.1) is 5.69 Å². The van der Waals surface area contributed by atoms with Crippen molar-refractivity contribution in [3.05, 3.63) is 70.5 Å². The average molecular weight is 336 g/mol. The van der Waals surface area contributed by atoms with Gasteiger partial charge in [0.2, 0.25) is 0 Å². The number of aromatic amines is 1. The number of hydrogen-bond donors (Lipinski definition) is 1. The molecule has 2 aromatic carbocycles. The molecule has 4 rings (SSSR count). The first-order valence-electron chi connectivity index (χ1n) is 7.90. The van der Waals surface area contributed by atoms with E-state index < -0.39 is 0 Å². The first-order valence-corrected chi connectivity index (χ1v) is 8.88. The number of benzene rings is 2.